The van der Waals surface area contributed by atoms with Crippen molar-refractivity contribution >= 4 is 5.97 Å². The van der Waals surface area contributed by atoms with Gasteiger partial charge in [0.15, 0.2) is 0 Å². The lowest BCUT2D eigenvalue weighted by atomic mass is 9.98. The third-order valence-corrected chi connectivity index (χ3v) is 3.38. The molecule has 0 N–H and O–H groups in total. The Morgan fingerprint density at radius 3 is 2.71 bits per heavy atom. The van der Waals surface area contributed by atoms with E-state index in [2.05, 4.69) is 20.4 Å². The van der Waals surface area contributed by atoms with Gasteiger partial charge in [-0.1, -0.05) is 20.4 Å². The van der Waals surface area contributed by atoms with E-state index in [0.717, 1.165) is 38.7 Å². The molecule has 1 aliphatic carbocycles. The van der Waals surface area contributed by atoms with E-state index in [1.54, 1.807) is 6.92 Å². The zero-order valence-electron chi connectivity index (χ0n) is 11.3. The lowest BCUT2D eigenvalue weighted by Gasteiger charge is -2.28. The quantitative estimate of drug-likeness (QED) is 0.528. The summed E-state index contributed by atoms with van der Waals surface area (Å²) in [5, 5.41) is 0. The van der Waals surface area contributed by atoms with Crippen molar-refractivity contribution in [3.63, 3.8) is 0 Å². The van der Waals surface area contributed by atoms with Gasteiger partial charge in [-0.3, -0.25) is 0 Å². The summed E-state index contributed by atoms with van der Waals surface area (Å²) in [6.45, 7) is 10.3. The van der Waals surface area contributed by atoms with Gasteiger partial charge in [-0.2, -0.15) is 0 Å². The Balaban J connectivity index is 2.54. The Labute approximate surface area is 104 Å². The predicted molar refractivity (Wildman–Crippen MR) is 67.8 cm³/mol. The molecular weight excluding hydrogens is 216 g/mol. The van der Waals surface area contributed by atoms with Crippen molar-refractivity contribution in [3.05, 3.63) is 12.2 Å². The third-order valence-electron chi connectivity index (χ3n) is 3.38. The average Bonchev–Trinajstić information content (AvgIpc) is 2.70. The summed E-state index contributed by atoms with van der Waals surface area (Å²) in [6.07, 6.45) is 4.82. The van der Waals surface area contributed by atoms with Crippen LogP contribution < -0.4 is 0 Å². The van der Waals surface area contributed by atoms with E-state index in [-0.39, 0.29) is 17.7 Å². The van der Waals surface area contributed by atoms with Gasteiger partial charge in [-0.25, -0.2) is 4.79 Å². The molecule has 17 heavy (non-hydrogen) atoms. The fourth-order valence-electron chi connectivity index (χ4n) is 2.24. The van der Waals surface area contributed by atoms with Gasteiger partial charge in [-0.05, 0) is 32.6 Å². The molecule has 1 fully saturated rings. The molecule has 0 spiro atoms. The van der Waals surface area contributed by atoms with Crippen molar-refractivity contribution < 1.29 is 14.3 Å². The van der Waals surface area contributed by atoms with Crippen molar-refractivity contribution in [2.45, 2.75) is 64.6 Å². The highest BCUT2D eigenvalue weighted by Crippen LogP contribution is 2.38. The van der Waals surface area contributed by atoms with Crippen molar-refractivity contribution in [2.24, 2.45) is 0 Å². The van der Waals surface area contributed by atoms with Crippen molar-refractivity contribution in [3.8, 4) is 0 Å². The van der Waals surface area contributed by atoms with Crippen molar-refractivity contribution in [1.82, 2.24) is 0 Å². The highest BCUT2D eigenvalue weighted by Gasteiger charge is 2.41. The first-order chi connectivity index (χ1) is 8.03. The zero-order valence-corrected chi connectivity index (χ0v) is 11.3. The molecule has 0 aliphatic heterocycles. The summed E-state index contributed by atoms with van der Waals surface area (Å²) in [5.41, 5.74) is 0.143. The minimum absolute atomic E-state index is 0.243. The lowest BCUT2D eigenvalue weighted by Crippen LogP contribution is -2.32. The molecule has 1 rings (SSSR count). The van der Waals surface area contributed by atoms with Crippen molar-refractivity contribution in [1.29, 1.82) is 0 Å². The predicted octanol–water partition coefficient (Wildman–Crippen LogP) is 3.23. The summed E-state index contributed by atoms with van der Waals surface area (Å²) in [4.78, 5) is 11.6. The van der Waals surface area contributed by atoms with E-state index in [9.17, 15) is 4.79 Å². The third kappa shape index (κ3) is 3.84. The molecular formula is C14H24O3. The molecule has 2 atom stereocenters. The van der Waals surface area contributed by atoms with Gasteiger partial charge in [0.05, 0.1) is 6.10 Å². The topological polar surface area (TPSA) is 35.5 Å². The van der Waals surface area contributed by atoms with Crippen molar-refractivity contribution in [2.75, 3.05) is 6.61 Å². The molecule has 0 aromatic carbocycles. The molecule has 0 aromatic heterocycles. The Hall–Kier alpha value is -0.830. The standard InChI is InChI=1S/C14H24O3/c1-5-9-16-12-7-8-14(6-2,10-12)17-13(15)11(3)4/h12H,3,5-10H2,1-2,4H3. The Morgan fingerprint density at radius 2 is 2.18 bits per heavy atom. The zero-order chi connectivity index (χ0) is 12.9. The van der Waals surface area contributed by atoms with E-state index >= 15 is 0 Å². The van der Waals surface area contributed by atoms with Gasteiger partial charge in [0.2, 0.25) is 0 Å². The summed E-state index contributed by atoms with van der Waals surface area (Å²) >= 11 is 0. The normalized spacial score (nSPS) is 28.1. The Bertz CT molecular complexity index is 285. The van der Waals surface area contributed by atoms with Crippen LogP contribution in [-0.2, 0) is 14.3 Å². The van der Waals surface area contributed by atoms with Gasteiger partial charge in [0.1, 0.15) is 5.60 Å². The molecule has 0 radical (unpaired) electrons. The van der Waals surface area contributed by atoms with Crippen LogP contribution in [0.4, 0.5) is 0 Å². The first-order valence-electron chi connectivity index (χ1n) is 6.53. The smallest absolute Gasteiger partial charge is 0.333 e. The number of hydrogen-bond donors (Lipinski definition) is 0. The maximum Gasteiger partial charge on any atom is 0.333 e. The summed E-state index contributed by atoms with van der Waals surface area (Å²) in [7, 11) is 0. The molecule has 1 aliphatic rings. The van der Waals surface area contributed by atoms with Crippen LogP contribution in [0, 0.1) is 0 Å². The summed E-state index contributed by atoms with van der Waals surface area (Å²) < 4.78 is 11.3. The van der Waals surface area contributed by atoms with Gasteiger partial charge in [0, 0.05) is 18.6 Å². The largest absolute Gasteiger partial charge is 0.456 e. The second-order valence-electron chi connectivity index (χ2n) is 4.94. The summed E-state index contributed by atoms with van der Waals surface area (Å²) in [6, 6.07) is 0. The van der Waals surface area contributed by atoms with E-state index in [0.29, 0.717) is 5.57 Å². The summed E-state index contributed by atoms with van der Waals surface area (Å²) in [5.74, 6) is -0.275. The molecule has 0 aromatic rings. The second kappa shape index (κ2) is 6.20. The van der Waals surface area contributed by atoms with Crippen LogP contribution in [0.5, 0.6) is 0 Å². The van der Waals surface area contributed by atoms with Crippen LogP contribution in [0.25, 0.3) is 0 Å². The Morgan fingerprint density at radius 1 is 1.47 bits per heavy atom. The number of ether oxygens (including phenoxy) is 2. The number of esters is 1. The Kier molecular flexibility index (Phi) is 5.19. The highest BCUT2D eigenvalue weighted by molar-refractivity contribution is 5.87. The van der Waals surface area contributed by atoms with Crippen LogP contribution in [0.2, 0.25) is 0 Å². The second-order valence-corrected chi connectivity index (χ2v) is 4.94. The molecule has 98 valence electrons. The first-order valence-corrected chi connectivity index (χ1v) is 6.53. The van der Waals surface area contributed by atoms with Crippen LogP contribution in [0.1, 0.15) is 52.9 Å². The lowest BCUT2D eigenvalue weighted by molar-refractivity contribution is -0.155. The molecule has 0 bridgehead atoms. The van der Waals surface area contributed by atoms with Gasteiger partial charge < -0.3 is 9.47 Å². The minimum Gasteiger partial charge on any atom is -0.456 e. The van der Waals surface area contributed by atoms with E-state index < -0.39 is 0 Å². The van der Waals surface area contributed by atoms with E-state index in [4.69, 9.17) is 9.47 Å². The molecule has 3 nitrogen and oxygen atoms in total. The van der Waals surface area contributed by atoms with E-state index in [1.807, 2.05) is 0 Å². The fourth-order valence-corrected chi connectivity index (χ4v) is 2.24. The van der Waals surface area contributed by atoms with Crippen LogP contribution >= 0.6 is 0 Å². The molecule has 0 saturated heterocycles. The average molecular weight is 240 g/mol. The molecule has 0 amide bonds. The fraction of sp³-hybridized carbons (Fsp3) is 0.786. The molecule has 3 heteroatoms. The van der Waals surface area contributed by atoms with Crippen LogP contribution in [0.3, 0.4) is 0 Å². The maximum atomic E-state index is 11.6. The van der Waals surface area contributed by atoms with Gasteiger partial charge in [0.25, 0.3) is 0 Å². The molecule has 0 heterocycles. The van der Waals surface area contributed by atoms with E-state index in [1.165, 1.54) is 0 Å². The van der Waals surface area contributed by atoms with Crippen LogP contribution in [0.15, 0.2) is 12.2 Å². The van der Waals surface area contributed by atoms with Crippen LogP contribution in [-0.4, -0.2) is 24.3 Å². The number of hydrogen-bond acceptors (Lipinski definition) is 3. The monoisotopic (exact) mass is 240 g/mol. The molecule has 2 unspecified atom stereocenters. The number of carbonyl (C=O) groups is 1. The van der Waals surface area contributed by atoms with Gasteiger partial charge in [-0.15, -0.1) is 0 Å². The molecule has 1 saturated carbocycles. The highest BCUT2D eigenvalue weighted by atomic mass is 16.6. The maximum absolute atomic E-state index is 11.6. The number of carbonyl (C=O) groups excluding carboxylic acids is 1. The SMILES string of the molecule is C=C(C)C(=O)OC1(CC)CCC(OCCC)C1. The van der Waals surface area contributed by atoms with Gasteiger partial charge >= 0.3 is 5.97 Å². The number of rotatable bonds is 6. The minimum atomic E-state index is -0.325. The first kappa shape index (κ1) is 14.2.